The SMILES string of the molecule is COc1ccc(C(C)=O)cc1COC(=O)Cc1noc2ccccc12. The molecule has 0 unspecified atom stereocenters. The fourth-order valence-electron chi connectivity index (χ4n) is 2.52. The van der Waals surface area contributed by atoms with Gasteiger partial charge < -0.3 is 14.0 Å². The summed E-state index contributed by atoms with van der Waals surface area (Å²) in [5.74, 6) is 0.0586. The van der Waals surface area contributed by atoms with Crippen molar-refractivity contribution < 1.29 is 23.6 Å². The van der Waals surface area contributed by atoms with E-state index in [1.54, 1.807) is 24.3 Å². The molecule has 6 nitrogen and oxygen atoms in total. The summed E-state index contributed by atoms with van der Waals surface area (Å²) < 4.78 is 15.7. The predicted octanol–water partition coefficient (Wildman–Crippen LogP) is 3.32. The van der Waals surface area contributed by atoms with Crippen molar-refractivity contribution in [1.82, 2.24) is 5.16 Å². The second-order valence-electron chi connectivity index (χ2n) is 5.55. The van der Waals surface area contributed by atoms with Gasteiger partial charge >= 0.3 is 5.97 Å². The zero-order valence-electron chi connectivity index (χ0n) is 13.9. The third-order valence-electron chi connectivity index (χ3n) is 3.84. The van der Waals surface area contributed by atoms with Crippen molar-refractivity contribution in [3.63, 3.8) is 0 Å². The smallest absolute Gasteiger partial charge is 0.312 e. The number of carbonyl (C=O) groups excluding carboxylic acids is 2. The Morgan fingerprint density at radius 3 is 2.72 bits per heavy atom. The molecule has 0 saturated carbocycles. The Bertz CT molecular complexity index is 928. The molecule has 0 aliphatic heterocycles. The third kappa shape index (κ3) is 3.68. The van der Waals surface area contributed by atoms with Crippen LogP contribution in [0.3, 0.4) is 0 Å². The maximum absolute atomic E-state index is 12.1. The maximum atomic E-state index is 12.1. The van der Waals surface area contributed by atoms with Gasteiger partial charge in [0.2, 0.25) is 0 Å². The fraction of sp³-hybridized carbons (Fsp3) is 0.211. The van der Waals surface area contributed by atoms with E-state index in [2.05, 4.69) is 5.16 Å². The molecule has 128 valence electrons. The van der Waals surface area contributed by atoms with E-state index in [9.17, 15) is 9.59 Å². The second kappa shape index (κ2) is 7.17. The highest BCUT2D eigenvalue weighted by molar-refractivity contribution is 5.94. The Kier molecular flexibility index (Phi) is 4.79. The van der Waals surface area contributed by atoms with Gasteiger partial charge in [0.25, 0.3) is 0 Å². The molecule has 25 heavy (non-hydrogen) atoms. The Balaban J connectivity index is 1.70. The molecule has 6 heteroatoms. The van der Waals surface area contributed by atoms with Crippen LogP contribution in [0.4, 0.5) is 0 Å². The first kappa shape index (κ1) is 16.7. The Hall–Kier alpha value is -3.15. The number of para-hydroxylation sites is 1. The van der Waals surface area contributed by atoms with Crippen LogP contribution < -0.4 is 4.74 Å². The zero-order chi connectivity index (χ0) is 17.8. The highest BCUT2D eigenvalue weighted by Gasteiger charge is 2.14. The number of benzene rings is 2. The molecule has 0 N–H and O–H groups in total. The maximum Gasteiger partial charge on any atom is 0.312 e. The monoisotopic (exact) mass is 339 g/mol. The van der Waals surface area contributed by atoms with Gasteiger partial charge in [0.15, 0.2) is 11.4 Å². The summed E-state index contributed by atoms with van der Waals surface area (Å²) in [5.41, 5.74) is 2.33. The van der Waals surface area contributed by atoms with E-state index in [-0.39, 0.29) is 18.8 Å². The van der Waals surface area contributed by atoms with Gasteiger partial charge in [-0.2, -0.15) is 0 Å². The topological polar surface area (TPSA) is 78.6 Å². The van der Waals surface area contributed by atoms with Crippen LogP contribution in [0, 0.1) is 0 Å². The van der Waals surface area contributed by atoms with Gasteiger partial charge in [0.05, 0.1) is 13.5 Å². The molecule has 3 rings (SSSR count). The first-order valence-corrected chi connectivity index (χ1v) is 7.75. The van der Waals surface area contributed by atoms with E-state index in [0.717, 1.165) is 5.39 Å². The van der Waals surface area contributed by atoms with E-state index in [1.807, 2.05) is 18.2 Å². The number of hydrogen-bond acceptors (Lipinski definition) is 6. The lowest BCUT2D eigenvalue weighted by Gasteiger charge is -2.10. The van der Waals surface area contributed by atoms with E-state index in [0.29, 0.717) is 28.2 Å². The standard InChI is InChI=1S/C19H17NO5/c1-12(21)13-7-8-17(23-2)14(9-13)11-24-19(22)10-16-15-5-3-4-6-18(15)25-20-16/h3-9H,10-11H2,1-2H3. The van der Waals surface area contributed by atoms with Crippen molar-refractivity contribution in [2.75, 3.05) is 7.11 Å². The summed E-state index contributed by atoms with van der Waals surface area (Å²) in [7, 11) is 1.52. The number of aromatic nitrogens is 1. The van der Waals surface area contributed by atoms with Crippen molar-refractivity contribution in [2.45, 2.75) is 20.0 Å². The number of methoxy groups -OCH3 is 1. The number of hydrogen-bond donors (Lipinski definition) is 0. The summed E-state index contributed by atoms with van der Waals surface area (Å²) >= 11 is 0. The number of ketones is 1. The molecule has 3 aromatic rings. The average molecular weight is 339 g/mol. The quantitative estimate of drug-likeness (QED) is 0.506. The number of fused-ring (bicyclic) bond motifs is 1. The molecule has 2 aromatic carbocycles. The van der Waals surface area contributed by atoms with Crippen LogP contribution in [-0.2, 0) is 22.6 Å². The number of nitrogens with zero attached hydrogens (tertiary/aromatic N) is 1. The molecule has 1 aromatic heterocycles. The summed E-state index contributed by atoms with van der Waals surface area (Å²) in [6, 6.07) is 12.3. The molecule has 0 spiro atoms. The lowest BCUT2D eigenvalue weighted by molar-refractivity contribution is -0.144. The Morgan fingerprint density at radius 2 is 1.96 bits per heavy atom. The number of ether oxygens (including phenoxy) is 2. The van der Waals surface area contributed by atoms with Crippen LogP contribution in [0.15, 0.2) is 47.0 Å². The number of esters is 1. The van der Waals surface area contributed by atoms with Crippen molar-refractivity contribution in [2.24, 2.45) is 0 Å². The molecule has 0 saturated heterocycles. The summed E-state index contributed by atoms with van der Waals surface area (Å²) in [6.07, 6.45) is 0.00568. The first-order valence-electron chi connectivity index (χ1n) is 7.75. The third-order valence-corrected chi connectivity index (χ3v) is 3.84. The van der Waals surface area contributed by atoms with Crippen LogP contribution >= 0.6 is 0 Å². The minimum absolute atomic E-state index is 0.00568. The largest absolute Gasteiger partial charge is 0.496 e. The molecule has 0 radical (unpaired) electrons. The average Bonchev–Trinajstić information content (AvgIpc) is 3.02. The van der Waals surface area contributed by atoms with E-state index < -0.39 is 5.97 Å². The molecule has 0 atom stereocenters. The van der Waals surface area contributed by atoms with Crippen molar-refractivity contribution in [1.29, 1.82) is 0 Å². The van der Waals surface area contributed by atoms with Crippen LogP contribution in [0.2, 0.25) is 0 Å². The van der Waals surface area contributed by atoms with Crippen LogP contribution in [0.1, 0.15) is 28.5 Å². The van der Waals surface area contributed by atoms with E-state index >= 15 is 0 Å². The number of Topliss-reactive ketones (excluding diaryl/α,β-unsaturated/α-hetero) is 1. The van der Waals surface area contributed by atoms with Gasteiger partial charge in [-0.1, -0.05) is 17.3 Å². The van der Waals surface area contributed by atoms with Gasteiger partial charge in [-0.15, -0.1) is 0 Å². The molecule has 0 aliphatic rings. The molecule has 0 bridgehead atoms. The van der Waals surface area contributed by atoms with Crippen molar-refractivity contribution in [3.05, 3.63) is 59.3 Å². The molecule has 1 heterocycles. The summed E-state index contributed by atoms with van der Waals surface area (Å²) in [5, 5.41) is 4.70. The molecule has 0 fully saturated rings. The number of rotatable bonds is 6. The Labute approximate surface area is 144 Å². The fourth-order valence-corrected chi connectivity index (χ4v) is 2.52. The highest BCUT2D eigenvalue weighted by Crippen LogP contribution is 2.22. The second-order valence-corrected chi connectivity index (χ2v) is 5.55. The van der Waals surface area contributed by atoms with E-state index in [1.165, 1.54) is 14.0 Å². The van der Waals surface area contributed by atoms with Crippen LogP contribution in [0.5, 0.6) is 5.75 Å². The lowest BCUT2D eigenvalue weighted by Crippen LogP contribution is -2.09. The highest BCUT2D eigenvalue weighted by atomic mass is 16.5. The Morgan fingerprint density at radius 1 is 1.16 bits per heavy atom. The van der Waals surface area contributed by atoms with Crippen molar-refractivity contribution >= 4 is 22.7 Å². The number of carbonyl (C=O) groups is 2. The van der Waals surface area contributed by atoms with Crippen LogP contribution in [0.25, 0.3) is 11.0 Å². The molecular formula is C19H17NO5. The van der Waals surface area contributed by atoms with Crippen molar-refractivity contribution in [3.8, 4) is 5.75 Å². The lowest BCUT2D eigenvalue weighted by atomic mass is 10.1. The summed E-state index contributed by atoms with van der Waals surface area (Å²) in [6.45, 7) is 1.49. The first-order chi connectivity index (χ1) is 12.1. The molecule has 0 aliphatic carbocycles. The zero-order valence-corrected chi connectivity index (χ0v) is 13.9. The minimum atomic E-state index is -0.436. The minimum Gasteiger partial charge on any atom is -0.496 e. The van der Waals surface area contributed by atoms with Gasteiger partial charge in [0, 0.05) is 16.5 Å². The van der Waals surface area contributed by atoms with Gasteiger partial charge in [-0.05, 0) is 37.3 Å². The predicted molar refractivity (Wildman–Crippen MR) is 90.5 cm³/mol. The van der Waals surface area contributed by atoms with Gasteiger partial charge in [-0.25, -0.2) is 0 Å². The molecule has 0 amide bonds. The normalized spacial score (nSPS) is 10.6. The summed E-state index contributed by atoms with van der Waals surface area (Å²) in [4.78, 5) is 23.6. The molecular weight excluding hydrogens is 322 g/mol. The van der Waals surface area contributed by atoms with Gasteiger partial charge in [-0.3, -0.25) is 9.59 Å². The van der Waals surface area contributed by atoms with Gasteiger partial charge in [0.1, 0.15) is 18.1 Å². The van der Waals surface area contributed by atoms with E-state index in [4.69, 9.17) is 14.0 Å². The van der Waals surface area contributed by atoms with Crippen LogP contribution in [-0.4, -0.2) is 24.0 Å².